The summed E-state index contributed by atoms with van der Waals surface area (Å²) in [5.74, 6) is 0. The average molecular weight is 318 g/mol. The van der Waals surface area contributed by atoms with Crippen LogP contribution in [0.2, 0.25) is 0 Å². The number of rotatable bonds is 5. The number of amides is 2. The van der Waals surface area contributed by atoms with Gasteiger partial charge in [-0.2, -0.15) is 0 Å². The number of hydrogen-bond acceptors (Lipinski definition) is 3. The number of aromatic nitrogens is 2. The van der Waals surface area contributed by atoms with Gasteiger partial charge in [-0.25, -0.2) is 9.78 Å². The van der Waals surface area contributed by atoms with Crippen molar-refractivity contribution in [2.75, 3.05) is 6.54 Å². The molecule has 5 nitrogen and oxygen atoms in total. The lowest BCUT2D eigenvalue weighted by Gasteiger charge is -2.22. The SMILES string of the molecule is O=C(NCCc1[nH]cnc1-c1cccs1)NC1CCCCC1. The molecule has 2 aromatic heterocycles. The van der Waals surface area contributed by atoms with Crippen LogP contribution >= 0.6 is 11.3 Å². The van der Waals surface area contributed by atoms with Crippen molar-refractivity contribution in [3.63, 3.8) is 0 Å². The maximum atomic E-state index is 11.9. The van der Waals surface area contributed by atoms with E-state index in [2.05, 4.69) is 26.7 Å². The minimum Gasteiger partial charge on any atom is -0.348 e. The zero-order valence-corrected chi connectivity index (χ0v) is 13.4. The van der Waals surface area contributed by atoms with Crippen LogP contribution in [0.5, 0.6) is 0 Å². The van der Waals surface area contributed by atoms with E-state index in [9.17, 15) is 4.79 Å². The largest absolute Gasteiger partial charge is 0.348 e. The number of thiophene rings is 1. The van der Waals surface area contributed by atoms with E-state index in [4.69, 9.17) is 0 Å². The molecule has 1 aliphatic carbocycles. The fourth-order valence-corrected chi connectivity index (χ4v) is 3.67. The topological polar surface area (TPSA) is 69.8 Å². The number of urea groups is 1. The van der Waals surface area contributed by atoms with Crippen molar-refractivity contribution >= 4 is 17.4 Å². The maximum absolute atomic E-state index is 11.9. The third kappa shape index (κ3) is 3.88. The lowest BCUT2D eigenvalue weighted by Crippen LogP contribution is -2.43. The van der Waals surface area contributed by atoms with E-state index >= 15 is 0 Å². The molecule has 1 saturated carbocycles. The first-order valence-corrected chi connectivity index (χ1v) is 8.81. The number of nitrogens with zero attached hydrogens (tertiary/aromatic N) is 1. The summed E-state index contributed by atoms with van der Waals surface area (Å²) >= 11 is 1.68. The minimum atomic E-state index is -0.0518. The summed E-state index contributed by atoms with van der Waals surface area (Å²) in [7, 11) is 0. The van der Waals surface area contributed by atoms with E-state index in [-0.39, 0.29) is 6.03 Å². The molecule has 1 fully saturated rings. The van der Waals surface area contributed by atoms with E-state index < -0.39 is 0 Å². The number of aromatic amines is 1. The first-order chi connectivity index (χ1) is 10.8. The van der Waals surface area contributed by atoms with E-state index in [0.717, 1.165) is 35.5 Å². The third-order valence-corrected chi connectivity index (χ3v) is 4.95. The summed E-state index contributed by atoms with van der Waals surface area (Å²) in [6.45, 7) is 0.610. The second kappa shape index (κ2) is 7.45. The quantitative estimate of drug-likeness (QED) is 0.791. The Morgan fingerprint density at radius 1 is 1.36 bits per heavy atom. The van der Waals surface area contributed by atoms with Gasteiger partial charge in [0, 0.05) is 24.7 Å². The molecule has 2 aromatic rings. The number of hydrogen-bond donors (Lipinski definition) is 3. The van der Waals surface area contributed by atoms with Crippen molar-refractivity contribution in [3.05, 3.63) is 29.5 Å². The second-order valence-electron chi connectivity index (χ2n) is 5.69. The highest BCUT2D eigenvalue weighted by molar-refractivity contribution is 7.13. The van der Waals surface area contributed by atoms with Crippen LogP contribution in [-0.2, 0) is 6.42 Å². The van der Waals surface area contributed by atoms with Gasteiger partial charge in [-0.15, -0.1) is 11.3 Å². The standard InChI is InChI=1S/C16H22N4OS/c21-16(20-12-5-2-1-3-6-12)17-9-8-13-15(19-11-18-13)14-7-4-10-22-14/h4,7,10-12H,1-3,5-6,8-9H2,(H,18,19)(H2,17,20,21). The molecule has 3 N–H and O–H groups in total. The Balaban J connectivity index is 1.45. The zero-order valence-electron chi connectivity index (χ0n) is 12.6. The predicted octanol–water partition coefficient (Wildman–Crippen LogP) is 3.31. The summed E-state index contributed by atoms with van der Waals surface area (Å²) in [5, 5.41) is 8.06. The van der Waals surface area contributed by atoms with Crippen LogP contribution in [-0.4, -0.2) is 28.6 Å². The van der Waals surface area contributed by atoms with Crippen LogP contribution in [0.4, 0.5) is 4.79 Å². The number of imidazole rings is 1. The van der Waals surface area contributed by atoms with Crippen molar-refractivity contribution in [3.8, 4) is 10.6 Å². The van der Waals surface area contributed by atoms with E-state index in [1.807, 2.05) is 11.4 Å². The van der Waals surface area contributed by atoms with Crippen molar-refractivity contribution in [1.29, 1.82) is 0 Å². The van der Waals surface area contributed by atoms with Gasteiger partial charge in [0.1, 0.15) is 5.69 Å². The predicted molar refractivity (Wildman–Crippen MR) is 89.0 cm³/mol. The second-order valence-corrected chi connectivity index (χ2v) is 6.64. The molecule has 22 heavy (non-hydrogen) atoms. The van der Waals surface area contributed by atoms with Crippen LogP contribution in [0.15, 0.2) is 23.8 Å². The molecule has 0 spiro atoms. The minimum absolute atomic E-state index is 0.0518. The summed E-state index contributed by atoms with van der Waals surface area (Å²) in [4.78, 5) is 20.6. The molecule has 0 saturated heterocycles. The molecular weight excluding hydrogens is 296 g/mol. The van der Waals surface area contributed by atoms with Crippen LogP contribution < -0.4 is 10.6 Å². The molecule has 3 rings (SSSR count). The summed E-state index contributed by atoms with van der Waals surface area (Å²) in [6, 6.07) is 4.38. The zero-order chi connectivity index (χ0) is 15.2. The monoisotopic (exact) mass is 318 g/mol. The average Bonchev–Trinajstić information content (AvgIpc) is 3.19. The van der Waals surface area contributed by atoms with Crippen molar-refractivity contribution in [2.45, 2.75) is 44.6 Å². The number of H-pyrrole nitrogens is 1. The summed E-state index contributed by atoms with van der Waals surface area (Å²) in [6.07, 6.45) is 8.43. The highest BCUT2D eigenvalue weighted by Gasteiger charge is 2.15. The molecule has 0 aliphatic heterocycles. The molecule has 118 valence electrons. The van der Waals surface area contributed by atoms with Gasteiger partial charge in [0.2, 0.25) is 0 Å². The molecule has 0 bridgehead atoms. The van der Waals surface area contributed by atoms with Gasteiger partial charge in [-0.1, -0.05) is 25.3 Å². The number of carbonyl (C=O) groups is 1. The van der Waals surface area contributed by atoms with Crippen LogP contribution in [0.1, 0.15) is 37.8 Å². The van der Waals surface area contributed by atoms with Crippen molar-refractivity contribution in [2.24, 2.45) is 0 Å². The lowest BCUT2D eigenvalue weighted by atomic mass is 9.96. The normalized spacial score (nSPS) is 15.6. The molecular formula is C16H22N4OS. The van der Waals surface area contributed by atoms with Gasteiger partial charge in [-0.3, -0.25) is 0 Å². The molecule has 1 aliphatic rings. The van der Waals surface area contributed by atoms with Gasteiger partial charge in [0.15, 0.2) is 0 Å². The Morgan fingerprint density at radius 2 is 2.23 bits per heavy atom. The third-order valence-electron chi connectivity index (χ3n) is 4.07. The molecule has 0 unspecified atom stereocenters. The highest BCUT2D eigenvalue weighted by Crippen LogP contribution is 2.25. The fraction of sp³-hybridized carbons (Fsp3) is 0.500. The molecule has 0 aromatic carbocycles. The Labute approximate surface area is 134 Å². The van der Waals surface area contributed by atoms with Crippen molar-refractivity contribution < 1.29 is 4.79 Å². The van der Waals surface area contributed by atoms with Crippen LogP contribution in [0.3, 0.4) is 0 Å². The lowest BCUT2D eigenvalue weighted by molar-refractivity contribution is 0.233. The highest BCUT2D eigenvalue weighted by atomic mass is 32.1. The smallest absolute Gasteiger partial charge is 0.315 e. The maximum Gasteiger partial charge on any atom is 0.315 e. The van der Waals surface area contributed by atoms with Crippen molar-refractivity contribution in [1.82, 2.24) is 20.6 Å². The Morgan fingerprint density at radius 3 is 3.00 bits per heavy atom. The van der Waals surface area contributed by atoms with Gasteiger partial charge in [0.05, 0.1) is 11.2 Å². The van der Waals surface area contributed by atoms with Gasteiger partial charge < -0.3 is 15.6 Å². The molecule has 2 amide bonds. The summed E-state index contributed by atoms with van der Waals surface area (Å²) in [5.41, 5.74) is 2.06. The van der Waals surface area contributed by atoms with Gasteiger partial charge in [-0.05, 0) is 24.3 Å². The Bertz CT molecular complexity index is 587. The fourth-order valence-electron chi connectivity index (χ4n) is 2.92. The molecule has 0 radical (unpaired) electrons. The number of carbonyl (C=O) groups excluding carboxylic acids is 1. The van der Waals surface area contributed by atoms with E-state index in [0.29, 0.717) is 12.6 Å². The van der Waals surface area contributed by atoms with Crippen LogP contribution in [0, 0.1) is 0 Å². The Kier molecular flexibility index (Phi) is 5.11. The molecule has 0 atom stereocenters. The molecule has 6 heteroatoms. The van der Waals surface area contributed by atoms with Gasteiger partial charge >= 0.3 is 6.03 Å². The van der Waals surface area contributed by atoms with Crippen LogP contribution in [0.25, 0.3) is 10.6 Å². The molecule has 2 heterocycles. The van der Waals surface area contributed by atoms with Gasteiger partial charge in [0.25, 0.3) is 0 Å². The van der Waals surface area contributed by atoms with E-state index in [1.165, 1.54) is 19.3 Å². The first kappa shape index (κ1) is 15.1. The number of nitrogens with one attached hydrogen (secondary N) is 3. The summed E-state index contributed by atoms with van der Waals surface area (Å²) < 4.78 is 0. The van der Waals surface area contributed by atoms with E-state index in [1.54, 1.807) is 17.7 Å². The first-order valence-electron chi connectivity index (χ1n) is 7.93. The Hall–Kier alpha value is -1.82.